The minimum atomic E-state index is -3.79. The predicted octanol–water partition coefficient (Wildman–Crippen LogP) is 5.39. The zero-order chi connectivity index (χ0) is 26.5. The van der Waals surface area contributed by atoms with Crippen LogP contribution in [0.15, 0.2) is 46.9 Å². The van der Waals surface area contributed by atoms with E-state index in [2.05, 4.69) is 21.2 Å². The average Bonchev–Trinajstić information content (AvgIpc) is 3.31. The Morgan fingerprint density at radius 1 is 1.11 bits per heavy atom. The zero-order valence-corrected chi connectivity index (χ0v) is 24.1. The summed E-state index contributed by atoms with van der Waals surface area (Å²) >= 11 is 15.8. The molecule has 36 heavy (non-hydrogen) atoms. The molecule has 0 spiro atoms. The molecule has 7 nitrogen and oxygen atoms in total. The van der Waals surface area contributed by atoms with Crippen molar-refractivity contribution in [2.45, 2.75) is 57.7 Å². The minimum Gasteiger partial charge on any atom is -0.352 e. The fourth-order valence-corrected chi connectivity index (χ4v) is 5.92. The Morgan fingerprint density at radius 3 is 2.31 bits per heavy atom. The molecule has 0 unspecified atom stereocenters. The summed E-state index contributed by atoms with van der Waals surface area (Å²) in [5, 5.41) is 3.88. The monoisotopic (exact) mass is 617 g/mol. The van der Waals surface area contributed by atoms with E-state index in [0.29, 0.717) is 27.7 Å². The van der Waals surface area contributed by atoms with Gasteiger partial charge >= 0.3 is 0 Å². The summed E-state index contributed by atoms with van der Waals surface area (Å²) < 4.78 is 27.1. The Hall–Kier alpha value is -1.81. The third-order valence-corrected chi connectivity index (χ3v) is 8.49. The number of nitrogens with zero attached hydrogens (tertiary/aromatic N) is 2. The van der Waals surface area contributed by atoms with Gasteiger partial charge in [0.05, 0.1) is 11.9 Å². The lowest BCUT2D eigenvalue weighted by Gasteiger charge is -2.33. The van der Waals surface area contributed by atoms with Gasteiger partial charge in [-0.25, -0.2) is 8.42 Å². The maximum Gasteiger partial charge on any atom is 0.244 e. The van der Waals surface area contributed by atoms with Gasteiger partial charge in [0.2, 0.25) is 21.8 Å². The van der Waals surface area contributed by atoms with Crippen LogP contribution in [0.2, 0.25) is 10.0 Å². The van der Waals surface area contributed by atoms with E-state index in [1.165, 1.54) is 4.90 Å². The highest BCUT2D eigenvalue weighted by molar-refractivity contribution is 9.10. The number of sulfonamides is 1. The quantitative estimate of drug-likeness (QED) is 0.387. The Kier molecular flexibility index (Phi) is 10.1. The first-order valence-corrected chi connectivity index (χ1v) is 15.2. The van der Waals surface area contributed by atoms with Crippen LogP contribution < -0.4 is 9.62 Å². The molecule has 1 N–H and O–H groups in total. The summed E-state index contributed by atoms with van der Waals surface area (Å²) in [6.07, 6.45) is 5.33. The van der Waals surface area contributed by atoms with E-state index in [4.69, 9.17) is 23.2 Å². The van der Waals surface area contributed by atoms with Crippen molar-refractivity contribution >= 4 is 66.7 Å². The molecule has 11 heteroatoms. The van der Waals surface area contributed by atoms with Gasteiger partial charge in [-0.3, -0.25) is 13.9 Å². The summed E-state index contributed by atoms with van der Waals surface area (Å²) in [7, 11) is -3.79. The molecular weight excluding hydrogens is 589 g/mol. The number of carbonyl (C=O) groups excluding carboxylic acids is 2. The molecule has 0 heterocycles. The van der Waals surface area contributed by atoms with Crippen molar-refractivity contribution < 1.29 is 18.0 Å². The van der Waals surface area contributed by atoms with Gasteiger partial charge in [0.1, 0.15) is 12.6 Å². The topological polar surface area (TPSA) is 86.8 Å². The predicted molar refractivity (Wildman–Crippen MR) is 148 cm³/mol. The maximum absolute atomic E-state index is 13.7. The molecule has 1 aliphatic carbocycles. The van der Waals surface area contributed by atoms with Gasteiger partial charge in [-0.15, -0.1) is 0 Å². The molecule has 0 saturated heterocycles. The molecule has 0 aliphatic heterocycles. The largest absolute Gasteiger partial charge is 0.352 e. The number of carbonyl (C=O) groups is 2. The lowest BCUT2D eigenvalue weighted by atomic mass is 10.1. The molecule has 0 bridgehead atoms. The average molecular weight is 619 g/mol. The Labute approximate surface area is 231 Å². The van der Waals surface area contributed by atoms with Crippen LogP contribution >= 0.6 is 39.1 Å². The minimum absolute atomic E-state index is 0.0311. The van der Waals surface area contributed by atoms with Crippen LogP contribution in [-0.4, -0.2) is 50.0 Å². The third kappa shape index (κ3) is 7.60. The van der Waals surface area contributed by atoms with Crippen LogP contribution in [0, 0.1) is 0 Å². The first-order chi connectivity index (χ1) is 17.0. The van der Waals surface area contributed by atoms with Crippen molar-refractivity contribution in [2.24, 2.45) is 0 Å². The second kappa shape index (κ2) is 12.6. The van der Waals surface area contributed by atoms with Crippen LogP contribution in [-0.2, 0) is 26.2 Å². The molecule has 2 aromatic rings. The van der Waals surface area contributed by atoms with Crippen molar-refractivity contribution in [2.75, 3.05) is 17.1 Å². The number of nitrogens with one attached hydrogen (secondary N) is 1. The normalized spacial score (nSPS) is 14.9. The highest BCUT2D eigenvalue weighted by Crippen LogP contribution is 2.26. The van der Waals surface area contributed by atoms with Crippen molar-refractivity contribution in [1.82, 2.24) is 10.2 Å². The summed E-state index contributed by atoms with van der Waals surface area (Å²) in [6.45, 7) is 1.40. The van der Waals surface area contributed by atoms with E-state index < -0.39 is 28.5 Å². The summed E-state index contributed by atoms with van der Waals surface area (Å²) in [6, 6.07) is 10.9. The van der Waals surface area contributed by atoms with Crippen molar-refractivity contribution in [3.8, 4) is 0 Å². The molecule has 1 fully saturated rings. The van der Waals surface area contributed by atoms with Crippen molar-refractivity contribution in [3.05, 3.63) is 62.5 Å². The smallest absolute Gasteiger partial charge is 0.244 e. The number of rotatable bonds is 10. The van der Waals surface area contributed by atoms with E-state index in [9.17, 15) is 18.0 Å². The molecule has 1 aliphatic rings. The van der Waals surface area contributed by atoms with Crippen molar-refractivity contribution in [1.29, 1.82) is 0 Å². The van der Waals surface area contributed by atoms with Gasteiger partial charge in [-0.1, -0.05) is 65.0 Å². The molecular formula is C25H30BrCl2N3O4S. The highest BCUT2D eigenvalue weighted by Gasteiger charge is 2.33. The SMILES string of the molecule is CC[C@H](C(=O)NC1CCCC1)N(Cc1ccc(Cl)cc1Cl)C(=O)CN(c1ccc(Br)cc1)S(C)(=O)=O. The summed E-state index contributed by atoms with van der Waals surface area (Å²) in [5.74, 6) is -0.764. The van der Waals surface area contributed by atoms with Gasteiger partial charge in [-0.2, -0.15) is 0 Å². The second-order valence-electron chi connectivity index (χ2n) is 8.92. The molecule has 2 amide bonds. The molecule has 2 aromatic carbocycles. The lowest BCUT2D eigenvalue weighted by molar-refractivity contribution is -0.140. The van der Waals surface area contributed by atoms with Crippen LogP contribution in [0.3, 0.4) is 0 Å². The van der Waals surface area contributed by atoms with Crippen LogP contribution in [0.25, 0.3) is 0 Å². The molecule has 0 aromatic heterocycles. The molecule has 1 atom stereocenters. The van der Waals surface area contributed by atoms with Crippen LogP contribution in [0.5, 0.6) is 0 Å². The Bertz CT molecular complexity index is 1190. The van der Waals surface area contributed by atoms with Gasteiger partial charge in [0.25, 0.3) is 0 Å². The number of hydrogen-bond acceptors (Lipinski definition) is 4. The number of benzene rings is 2. The van der Waals surface area contributed by atoms with Gasteiger partial charge in [0, 0.05) is 27.1 Å². The first-order valence-electron chi connectivity index (χ1n) is 11.8. The fourth-order valence-electron chi connectivity index (χ4n) is 4.34. The number of hydrogen-bond donors (Lipinski definition) is 1. The lowest BCUT2D eigenvalue weighted by Crippen LogP contribution is -2.53. The van der Waals surface area contributed by atoms with E-state index in [1.54, 1.807) is 42.5 Å². The van der Waals surface area contributed by atoms with E-state index in [1.807, 2.05) is 6.92 Å². The van der Waals surface area contributed by atoms with Crippen LogP contribution in [0.4, 0.5) is 5.69 Å². The fraction of sp³-hybridized carbons (Fsp3) is 0.440. The van der Waals surface area contributed by atoms with Gasteiger partial charge in [0.15, 0.2) is 0 Å². The standard InChI is InChI=1S/C25H30BrCl2N3O4S/c1-3-23(25(33)29-20-6-4-5-7-20)30(15-17-8-11-19(27)14-22(17)28)24(32)16-31(36(2,34)35)21-12-9-18(26)10-13-21/h8-14,20,23H,3-7,15-16H2,1-2H3,(H,29,33)/t23-/m1/s1. The maximum atomic E-state index is 13.7. The number of amides is 2. The third-order valence-electron chi connectivity index (χ3n) is 6.24. The first kappa shape index (κ1) is 28.8. The molecule has 3 rings (SSSR count). The van der Waals surface area contributed by atoms with E-state index in [-0.39, 0.29) is 18.5 Å². The van der Waals surface area contributed by atoms with E-state index >= 15 is 0 Å². The van der Waals surface area contributed by atoms with Crippen LogP contribution in [0.1, 0.15) is 44.6 Å². The molecule has 0 radical (unpaired) electrons. The summed E-state index contributed by atoms with van der Waals surface area (Å²) in [4.78, 5) is 28.4. The van der Waals surface area contributed by atoms with Gasteiger partial charge in [-0.05, 0) is 61.2 Å². The number of halogens is 3. The van der Waals surface area contributed by atoms with Gasteiger partial charge < -0.3 is 10.2 Å². The van der Waals surface area contributed by atoms with E-state index in [0.717, 1.165) is 40.7 Å². The Balaban J connectivity index is 1.94. The molecule has 1 saturated carbocycles. The Morgan fingerprint density at radius 2 is 1.75 bits per heavy atom. The molecule has 196 valence electrons. The second-order valence-corrected chi connectivity index (χ2v) is 12.6. The van der Waals surface area contributed by atoms with Crippen molar-refractivity contribution in [3.63, 3.8) is 0 Å². The highest BCUT2D eigenvalue weighted by atomic mass is 79.9. The zero-order valence-electron chi connectivity index (χ0n) is 20.2. The number of anilines is 1. The summed E-state index contributed by atoms with van der Waals surface area (Å²) in [5.41, 5.74) is 0.957.